The van der Waals surface area contributed by atoms with Gasteiger partial charge in [0.25, 0.3) is 5.91 Å². The first-order chi connectivity index (χ1) is 17.5. The Morgan fingerprint density at radius 1 is 1.14 bits per heavy atom. The molecule has 2 aromatic rings. The van der Waals surface area contributed by atoms with Crippen LogP contribution in [0.2, 0.25) is 0 Å². The summed E-state index contributed by atoms with van der Waals surface area (Å²) in [6, 6.07) is 7.70. The summed E-state index contributed by atoms with van der Waals surface area (Å²) in [5, 5.41) is 10.8. The molecule has 194 valence electrons. The van der Waals surface area contributed by atoms with E-state index in [9.17, 15) is 14.7 Å². The van der Waals surface area contributed by atoms with Crippen LogP contribution in [0.25, 0.3) is 0 Å². The van der Waals surface area contributed by atoms with Gasteiger partial charge in [0.2, 0.25) is 5.78 Å². The highest BCUT2D eigenvalue weighted by atomic mass is 16.5. The number of carbonyl (C=O) groups excluding carboxylic acids is 2. The van der Waals surface area contributed by atoms with Gasteiger partial charge in [-0.1, -0.05) is 19.4 Å². The van der Waals surface area contributed by atoms with E-state index in [1.807, 2.05) is 6.07 Å². The number of hydrogen-bond acceptors (Lipinski definition) is 8. The highest BCUT2D eigenvalue weighted by Gasteiger charge is 2.44. The summed E-state index contributed by atoms with van der Waals surface area (Å²) in [5.74, 6) is -0.482. The molecular weight excluding hydrogens is 464 g/mol. The first-order valence-corrected chi connectivity index (χ1v) is 12.5. The SMILES string of the molecule is CCCCOc1ccc([C@@H]2C(C(=O)c3ccco3)=C(O)C(=O)N2CCCN2CCOCC2)cc1OC. The first kappa shape index (κ1) is 25.8. The number of unbranched alkanes of at least 4 members (excludes halogenated alkanes) is 1. The molecule has 1 aromatic carbocycles. The van der Waals surface area contributed by atoms with Gasteiger partial charge in [-0.2, -0.15) is 0 Å². The van der Waals surface area contributed by atoms with Crippen molar-refractivity contribution in [2.75, 3.05) is 53.1 Å². The first-order valence-electron chi connectivity index (χ1n) is 12.5. The molecule has 0 spiro atoms. The lowest BCUT2D eigenvalue weighted by Gasteiger charge is -2.30. The molecule has 0 aliphatic carbocycles. The van der Waals surface area contributed by atoms with Gasteiger partial charge < -0.3 is 28.6 Å². The minimum atomic E-state index is -0.779. The zero-order valence-electron chi connectivity index (χ0n) is 20.9. The molecule has 0 bridgehead atoms. The van der Waals surface area contributed by atoms with Gasteiger partial charge in [0.15, 0.2) is 23.0 Å². The summed E-state index contributed by atoms with van der Waals surface area (Å²) >= 11 is 0. The van der Waals surface area contributed by atoms with E-state index < -0.39 is 23.5 Å². The van der Waals surface area contributed by atoms with Crippen LogP contribution in [0.4, 0.5) is 0 Å². The van der Waals surface area contributed by atoms with E-state index in [2.05, 4.69) is 11.8 Å². The molecule has 0 unspecified atom stereocenters. The quantitative estimate of drug-likeness (QED) is 0.349. The van der Waals surface area contributed by atoms with Gasteiger partial charge in [-0.3, -0.25) is 14.5 Å². The minimum Gasteiger partial charge on any atom is -0.503 e. The molecule has 2 aliphatic heterocycles. The molecule has 4 rings (SSSR count). The number of ether oxygens (including phenoxy) is 3. The summed E-state index contributed by atoms with van der Waals surface area (Å²) < 4.78 is 22.1. The molecular formula is C27H34N2O7. The van der Waals surface area contributed by atoms with E-state index in [0.717, 1.165) is 32.5 Å². The molecule has 36 heavy (non-hydrogen) atoms. The van der Waals surface area contributed by atoms with Crippen LogP contribution >= 0.6 is 0 Å². The van der Waals surface area contributed by atoms with E-state index in [1.165, 1.54) is 12.3 Å². The van der Waals surface area contributed by atoms with E-state index in [0.29, 0.717) is 49.8 Å². The van der Waals surface area contributed by atoms with Crippen molar-refractivity contribution in [3.8, 4) is 11.5 Å². The van der Waals surface area contributed by atoms with E-state index in [-0.39, 0.29) is 11.3 Å². The Labute approximate surface area is 211 Å². The number of aliphatic hydroxyl groups is 1. The van der Waals surface area contributed by atoms with Crippen LogP contribution in [0.15, 0.2) is 52.3 Å². The molecule has 2 aliphatic rings. The Balaban J connectivity index is 1.62. The van der Waals surface area contributed by atoms with Crippen LogP contribution in [0.1, 0.15) is 48.3 Å². The van der Waals surface area contributed by atoms with Crippen molar-refractivity contribution in [1.82, 2.24) is 9.80 Å². The Morgan fingerprint density at radius 3 is 2.64 bits per heavy atom. The normalized spacial score (nSPS) is 18.7. The number of Topliss-reactive ketones (excluding diaryl/α,β-unsaturated/α-hetero) is 1. The standard InChI is InChI=1S/C27H34N2O7/c1-3-4-14-35-20-9-8-19(18-22(20)33-2)24-23(25(30)21-7-5-15-36-21)26(31)27(32)29(24)11-6-10-28-12-16-34-17-13-28/h5,7-9,15,18,24,31H,3-4,6,10-14,16-17H2,1-2H3/t24-/m1/s1. The third-order valence-electron chi connectivity index (χ3n) is 6.53. The highest BCUT2D eigenvalue weighted by Crippen LogP contribution is 2.41. The van der Waals surface area contributed by atoms with Crippen molar-refractivity contribution < 1.29 is 33.3 Å². The number of furan rings is 1. The third-order valence-corrected chi connectivity index (χ3v) is 6.53. The third kappa shape index (κ3) is 5.57. The fourth-order valence-corrected chi connectivity index (χ4v) is 4.59. The number of amides is 1. The van der Waals surface area contributed by atoms with E-state index >= 15 is 0 Å². The second-order valence-corrected chi connectivity index (χ2v) is 8.89. The molecule has 0 radical (unpaired) electrons. The maximum Gasteiger partial charge on any atom is 0.290 e. The zero-order chi connectivity index (χ0) is 25.5. The zero-order valence-corrected chi connectivity index (χ0v) is 20.9. The van der Waals surface area contributed by atoms with Gasteiger partial charge in [-0.15, -0.1) is 0 Å². The maximum absolute atomic E-state index is 13.3. The molecule has 9 heteroatoms. The minimum absolute atomic E-state index is 0.00280. The number of hydrogen-bond donors (Lipinski definition) is 1. The Hall–Kier alpha value is -3.30. The fourth-order valence-electron chi connectivity index (χ4n) is 4.59. The van der Waals surface area contributed by atoms with Gasteiger partial charge in [-0.25, -0.2) is 0 Å². The number of carbonyl (C=O) groups is 2. The van der Waals surface area contributed by atoms with Gasteiger partial charge >= 0.3 is 0 Å². The topological polar surface area (TPSA) is 102 Å². The van der Waals surface area contributed by atoms with Gasteiger partial charge in [0.1, 0.15) is 0 Å². The number of ketones is 1. The molecule has 1 aromatic heterocycles. The van der Waals surface area contributed by atoms with Crippen LogP contribution in [0.3, 0.4) is 0 Å². The molecule has 1 amide bonds. The second kappa shape index (κ2) is 12.1. The van der Waals surface area contributed by atoms with Crippen molar-refractivity contribution in [3.63, 3.8) is 0 Å². The monoisotopic (exact) mass is 498 g/mol. The van der Waals surface area contributed by atoms with Crippen molar-refractivity contribution in [3.05, 3.63) is 59.3 Å². The lowest BCUT2D eigenvalue weighted by atomic mass is 9.94. The molecule has 1 atom stereocenters. The number of nitrogens with zero attached hydrogens (tertiary/aromatic N) is 2. The van der Waals surface area contributed by atoms with Crippen LogP contribution in [-0.4, -0.2) is 79.7 Å². The summed E-state index contributed by atoms with van der Waals surface area (Å²) in [7, 11) is 1.55. The summed E-state index contributed by atoms with van der Waals surface area (Å²) in [6.45, 7) is 6.89. The number of rotatable bonds is 12. The van der Waals surface area contributed by atoms with Crippen LogP contribution in [-0.2, 0) is 9.53 Å². The summed E-state index contributed by atoms with van der Waals surface area (Å²) in [4.78, 5) is 30.4. The number of benzene rings is 1. The lowest BCUT2D eigenvalue weighted by molar-refractivity contribution is -0.129. The van der Waals surface area contributed by atoms with Crippen molar-refractivity contribution >= 4 is 11.7 Å². The maximum atomic E-state index is 13.3. The van der Waals surface area contributed by atoms with Crippen molar-refractivity contribution in [2.45, 2.75) is 32.2 Å². The van der Waals surface area contributed by atoms with Crippen LogP contribution in [0, 0.1) is 0 Å². The van der Waals surface area contributed by atoms with Gasteiger partial charge in [-0.05, 0) is 42.7 Å². The molecule has 1 saturated heterocycles. The van der Waals surface area contributed by atoms with Crippen molar-refractivity contribution in [2.24, 2.45) is 0 Å². The van der Waals surface area contributed by atoms with Crippen LogP contribution < -0.4 is 9.47 Å². The number of methoxy groups -OCH3 is 1. The molecule has 0 saturated carbocycles. The molecule has 1 N–H and O–H groups in total. The average molecular weight is 499 g/mol. The second-order valence-electron chi connectivity index (χ2n) is 8.89. The molecule has 3 heterocycles. The smallest absolute Gasteiger partial charge is 0.290 e. The van der Waals surface area contributed by atoms with Gasteiger partial charge in [0.05, 0.1) is 44.8 Å². The Kier molecular flexibility index (Phi) is 8.66. The highest BCUT2D eigenvalue weighted by molar-refractivity contribution is 6.15. The summed E-state index contributed by atoms with van der Waals surface area (Å²) in [6.07, 6.45) is 4.00. The molecule has 1 fully saturated rings. The average Bonchev–Trinajstić information content (AvgIpc) is 3.53. The van der Waals surface area contributed by atoms with E-state index in [1.54, 1.807) is 30.2 Å². The van der Waals surface area contributed by atoms with E-state index in [4.69, 9.17) is 18.6 Å². The largest absolute Gasteiger partial charge is 0.503 e. The molecule has 9 nitrogen and oxygen atoms in total. The number of aliphatic hydroxyl groups excluding tert-OH is 1. The predicted octanol–water partition coefficient (Wildman–Crippen LogP) is 3.77. The van der Waals surface area contributed by atoms with Gasteiger partial charge in [0, 0.05) is 26.2 Å². The van der Waals surface area contributed by atoms with Crippen molar-refractivity contribution in [1.29, 1.82) is 0 Å². The Bertz CT molecular complexity index is 1070. The predicted molar refractivity (Wildman–Crippen MR) is 132 cm³/mol. The fraction of sp³-hybridized carbons (Fsp3) is 0.481. The Morgan fingerprint density at radius 2 is 1.94 bits per heavy atom. The van der Waals surface area contributed by atoms with Crippen LogP contribution in [0.5, 0.6) is 11.5 Å². The number of morpholine rings is 1. The lowest BCUT2D eigenvalue weighted by Crippen LogP contribution is -2.39. The summed E-state index contributed by atoms with van der Waals surface area (Å²) in [5.41, 5.74) is 0.649.